The number of hydrogen-bond donors (Lipinski definition) is 1. The number of aromatic nitrogens is 3. The van der Waals surface area contributed by atoms with E-state index in [2.05, 4.69) is 34.2 Å². The van der Waals surface area contributed by atoms with E-state index in [0.29, 0.717) is 36.2 Å². The molecule has 3 atom stereocenters. The van der Waals surface area contributed by atoms with E-state index in [0.717, 1.165) is 35.6 Å². The predicted molar refractivity (Wildman–Crippen MR) is 121 cm³/mol. The van der Waals surface area contributed by atoms with Gasteiger partial charge in [-0.1, -0.05) is 49.3 Å². The molecule has 7 heteroatoms. The molecule has 2 aromatic heterocycles. The zero-order chi connectivity index (χ0) is 22.0. The van der Waals surface area contributed by atoms with Crippen molar-refractivity contribution in [3.8, 4) is 0 Å². The van der Waals surface area contributed by atoms with Gasteiger partial charge in [-0.05, 0) is 37.7 Å². The zero-order valence-electron chi connectivity index (χ0n) is 18.8. The van der Waals surface area contributed by atoms with Crippen LogP contribution in [-0.2, 0) is 11.2 Å². The van der Waals surface area contributed by atoms with Gasteiger partial charge in [0.25, 0.3) is 5.71 Å². The Bertz CT molecular complexity index is 1040. The van der Waals surface area contributed by atoms with Crippen molar-refractivity contribution in [3.05, 3.63) is 47.4 Å². The second kappa shape index (κ2) is 9.04. The Hall–Kier alpha value is -2.96. The van der Waals surface area contributed by atoms with Gasteiger partial charge in [0.2, 0.25) is 5.91 Å². The molecule has 4 rings (SSSR count). The van der Waals surface area contributed by atoms with E-state index >= 15 is 0 Å². The normalized spacial score (nSPS) is 20.1. The van der Waals surface area contributed by atoms with Crippen LogP contribution in [0.25, 0.3) is 11.1 Å². The fourth-order valence-electron chi connectivity index (χ4n) is 4.55. The van der Waals surface area contributed by atoms with Crippen LogP contribution >= 0.6 is 0 Å². The van der Waals surface area contributed by atoms with Crippen molar-refractivity contribution < 1.29 is 9.32 Å². The SMILES string of the molecule is Cc1noc2nc(CCC(=O)N[C@H](C)c3ccccc3)nc(N3C[C@@H](C)C[C@H](C)C3)c12. The van der Waals surface area contributed by atoms with Crippen LogP contribution < -0.4 is 10.2 Å². The van der Waals surface area contributed by atoms with Gasteiger partial charge in [-0.25, -0.2) is 4.98 Å². The van der Waals surface area contributed by atoms with E-state index in [4.69, 9.17) is 9.51 Å². The Labute approximate surface area is 183 Å². The quantitative estimate of drug-likeness (QED) is 0.642. The van der Waals surface area contributed by atoms with Gasteiger partial charge < -0.3 is 14.7 Å². The number of carbonyl (C=O) groups excluding carboxylic acids is 1. The first-order chi connectivity index (χ1) is 14.9. The molecular weight excluding hydrogens is 390 g/mol. The molecular formula is C24H31N5O2. The van der Waals surface area contributed by atoms with E-state index in [-0.39, 0.29) is 11.9 Å². The molecule has 1 aliphatic rings. The summed E-state index contributed by atoms with van der Waals surface area (Å²) in [5, 5.41) is 8.05. The molecule has 1 amide bonds. The second-order valence-electron chi connectivity index (χ2n) is 8.96. The van der Waals surface area contributed by atoms with Crippen molar-refractivity contribution >= 4 is 22.8 Å². The second-order valence-corrected chi connectivity index (χ2v) is 8.96. The Kier molecular flexibility index (Phi) is 6.20. The average Bonchev–Trinajstić information content (AvgIpc) is 3.12. The summed E-state index contributed by atoms with van der Waals surface area (Å²) in [4.78, 5) is 24.3. The predicted octanol–water partition coefficient (Wildman–Crippen LogP) is 4.22. The van der Waals surface area contributed by atoms with Crippen molar-refractivity contribution in [2.75, 3.05) is 18.0 Å². The van der Waals surface area contributed by atoms with Crippen molar-refractivity contribution in [3.63, 3.8) is 0 Å². The molecule has 0 saturated carbocycles. The lowest BCUT2D eigenvalue weighted by atomic mass is 9.92. The number of hydrogen-bond acceptors (Lipinski definition) is 6. The molecule has 3 heterocycles. The van der Waals surface area contributed by atoms with Crippen molar-refractivity contribution in [1.82, 2.24) is 20.4 Å². The maximum Gasteiger partial charge on any atom is 0.263 e. The van der Waals surface area contributed by atoms with Gasteiger partial charge in [0.1, 0.15) is 17.0 Å². The number of nitrogens with one attached hydrogen (secondary N) is 1. The molecule has 0 bridgehead atoms. The zero-order valence-corrected chi connectivity index (χ0v) is 18.8. The van der Waals surface area contributed by atoms with Crippen molar-refractivity contribution in [2.24, 2.45) is 11.8 Å². The van der Waals surface area contributed by atoms with Crippen LogP contribution in [0.2, 0.25) is 0 Å². The summed E-state index contributed by atoms with van der Waals surface area (Å²) in [5.74, 6) is 2.68. The highest BCUT2D eigenvalue weighted by Gasteiger charge is 2.27. The van der Waals surface area contributed by atoms with Crippen molar-refractivity contribution in [2.45, 2.75) is 53.0 Å². The largest absolute Gasteiger partial charge is 0.355 e. The summed E-state index contributed by atoms with van der Waals surface area (Å²) in [6.45, 7) is 10.4. The lowest BCUT2D eigenvalue weighted by Crippen LogP contribution is -2.39. The summed E-state index contributed by atoms with van der Waals surface area (Å²) in [6.07, 6.45) is 2.00. The fourth-order valence-corrected chi connectivity index (χ4v) is 4.55. The highest BCUT2D eigenvalue weighted by Crippen LogP contribution is 2.32. The van der Waals surface area contributed by atoms with Gasteiger partial charge in [-0.15, -0.1) is 0 Å². The van der Waals surface area contributed by atoms with Crippen LogP contribution in [0.5, 0.6) is 0 Å². The maximum atomic E-state index is 12.5. The van der Waals surface area contributed by atoms with Gasteiger partial charge >= 0.3 is 0 Å². The minimum atomic E-state index is -0.0408. The minimum Gasteiger partial charge on any atom is -0.355 e. The number of anilines is 1. The highest BCUT2D eigenvalue weighted by molar-refractivity contribution is 5.88. The van der Waals surface area contributed by atoms with Crippen molar-refractivity contribution in [1.29, 1.82) is 0 Å². The summed E-state index contributed by atoms with van der Waals surface area (Å²) in [7, 11) is 0. The number of nitrogens with zero attached hydrogens (tertiary/aromatic N) is 4. The Balaban J connectivity index is 1.50. The molecule has 3 aromatic rings. The van der Waals surface area contributed by atoms with Gasteiger partial charge in [0.15, 0.2) is 0 Å². The number of benzene rings is 1. The summed E-state index contributed by atoms with van der Waals surface area (Å²) in [5.41, 5.74) is 2.39. The lowest BCUT2D eigenvalue weighted by molar-refractivity contribution is -0.121. The Morgan fingerprint density at radius 3 is 2.61 bits per heavy atom. The van der Waals surface area contributed by atoms with Crippen LogP contribution in [0, 0.1) is 18.8 Å². The van der Waals surface area contributed by atoms with E-state index in [9.17, 15) is 4.79 Å². The summed E-state index contributed by atoms with van der Waals surface area (Å²) in [6, 6.07) is 9.91. The Morgan fingerprint density at radius 2 is 1.90 bits per heavy atom. The summed E-state index contributed by atoms with van der Waals surface area (Å²) < 4.78 is 5.48. The van der Waals surface area contributed by atoms with E-state index in [1.165, 1.54) is 6.42 Å². The number of aryl methyl sites for hydroxylation is 2. The van der Waals surface area contributed by atoms with E-state index in [1.807, 2.05) is 44.2 Å². The first-order valence-corrected chi connectivity index (χ1v) is 11.1. The molecule has 1 N–H and O–H groups in total. The molecule has 0 unspecified atom stereocenters. The maximum absolute atomic E-state index is 12.5. The average molecular weight is 422 g/mol. The molecule has 164 valence electrons. The first-order valence-electron chi connectivity index (χ1n) is 11.1. The van der Waals surface area contributed by atoms with Crippen LogP contribution in [-0.4, -0.2) is 34.1 Å². The molecule has 7 nitrogen and oxygen atoms in total. The number of amides is 1. The van der Waals surface area contributed by atoms with E-state index in [1.54, 1.807) is 0 Å². The summed E-state index contributed by atoms with van der Waals surface area (Å²) >= 11 is 0. The molecule has 1 fully saturated rings. The number of fused-ring (bicyclic) bond motifs is 1. The minimum absolute atomic E-state index is 0.0180. The monoisotopic (exact) mass is 421 g/mol. The molecule has 0 spiro atoms. The third-order valence-electron chi connectivity index (χ3n) is 5.96. The molecule has 0 aliphatic carbocycles. The third kappa shape index (κ3) is 4.86. The van der Waals surface area contributed by atoms with Crippen LogP contribution in [0.1, 0.15) is 56.7 Å². The van der Waals surface area contributed by atoms with Gasteiger partial charge in [-0.2, -0.15) is 4.98 Å². The van der Waals surface area contributed by atoms with E-state index < -0.39 is 0 Å². The molecule has 31 heavy (non-hydrogen) atoms. The van der Waals surface area contributed by atoms with Crippen LogP contribution in [0.15, 0.2) is 34.9 Å². The fraction of sp³-hybridized carbons (Fsp3) is 0.500. The number of piperidine rings is 1. The molecule has 0 radical (unpaired) electrons. The Morgan fingerprint density at radius 1 is 1.19 bits per heavy atom. The lowest BCUT2D eigenvalue weighted by Gasteiger charge is -2.36. The molecule has 1 saturated heterocycles. The first kappa shape index (κ1) is 21.3. The smallest absolute Gasteiger partial charge is 0.263 e. The standard InChI is InChI=1S/C24H31N5O2/c1-15-12-16(2)14-29(13-15)23-22-18(4)28-31-24(22)27-20(26-23)10-11-21(30)25-17(3)19-8-6-5-7-9-19/h5-9,15-17H,10-14H2,1-4H3,(H,25,30)/t15-,16-,17+/m0/s1. The topological polar surface area (TPSA) is 84.1 Å². The number of rotatable bonds is 6. The number of carbonyl (C=O) groups is 1. The van der Waals surface area contributed by atoms with Gasteiger partial charge in [-0.3, -0.25) is 4.79 Å². The highest BCUT2D eigenvalue weighted by atomic mass is 16.5. The van der Waals surface area contributed by atoms with Gasteiger partial charge in [0, 0.05) is 25.9 Å². The molecule has 1 aliphatic heterocycles. The molecule has 1 aromatic carbocycles. The van der Waals surface area contributed by atoms with Gasteiger partial charge in [0.05, 0.1) is 11.7 Å². The van der Waals surface area contributed by atoms with Crippen LogP contribution in [0.4, 0.5) is 5.82 Å². The third-order valence-corrected chi connectivity index (χ3v) is 5.96. The van der Waals surface area contributed by atoms with Crippen LogP contribution in [0.3, 0.4) is 0 Å².